The van der Waals surface area contributed by atoms with Gasteiger partial charge >= 0.3 is 5.97 Å². The molecule has 18 heavy (non-hydrogen) atoms. The molecule has 0 aromatic carbocycles. The highest BCUT2D eigenvalue weighted by molar-refractivity contribution is 5.86. The number of hydrogen-bond acceptors (Lipinski definition) is 3. The molecule has 0 spiro atoms. The van der Waals surface area contributed by atoms with Crippen LogP contribution in [0.15, 0.2) is 12.2 Å². The minimum absolute atomic E-state index is 0.229. The van der Waals surface area contributed by atoms with E-state index in [1.165, 1.54) is 25.7 Å². The van der Waals surface area contributed by atoms with Crippen molar-refractivity contribution in [1.29, 1.82) is 0 Å². The summed E-state index contributed by atoms with van der Waals surface area (Å²) in [5, 5.41) is 9.29. The zero-order valence-electron chi connectivity index (χ0n) is 11.3. The summed E-state index contributed by atoms with van der Waals surface area (Å²) < 4.78 is 5.22. The molecule has 0 aliphatic heterocycles. The second-order valence-corrected chi connectivity index (χ2v) is 6.08. The van der Waals surface area contributed by atoms with Crippen LogP contribution in [0.25, 0.3) is 0 Å². The lowest BCUT2D eigenvalue weighted by Crippen LogP contribution is -2.31. The van der Waals surface area contributed by atoms with Crippen LogP contribution < -0.4 is 0 Å². The Hall–Kier alpha value is -0.830. The van der Waals surface area contributed by atoms with E-state index in [0.29, 0.717) is 12.2 Å². The van der Waals surface area contributed by atoms with Gasteiger partial charge in [-0.1, -0.05) is 13.0 Å². The summed E-state index contributed by atoms with van der Waals surface area (Å²) in [6.45, 7) is 5.97. The standard InChI is InChI=1S/C15H24O3/c1-11(2)14(17)18-8-6-15(5-7-16)10-12-3-4-13(15)9-12/h12-13,16H,1,3-10H2,2H3. The minimum atomic E-state index is -0.294. The Morgan fingerprint density at radius 2 is 2.22 bits per heavy atom. The van der Waals surface area contributed by atoms with Crippen LogP contribution in [-0.2, 0) is 9.53 Å². The van der Waals surface area contributed by atoms with Gasteiger partial charge in [-0.25, -0.2) is 4.79 Å². The fourth-order valence-corrected chi connectivity index (χ4v) is 3.99. The van der Waals surface area contributed by atoms with Crippen molar-refractivity contribution in [2.24, 2.45) is 17.3 Å². The van der Waals surface area contributed by atoms with Crippen LogP contribution in [0.4, 0.5) is 0 Å². The van der Waals surface area contributed by atoms with Crippen LogP contribution >= 0.6 is 0 Å². The number of hydrogen-bond donors (Lipinski definition) is 1. The van der Waals surface area contributed by atoms with Crippen molar-refractivity contribution in [3.05, 3.63) is 12.2 Å². The quantitative estimate of drug-likeness (QED) is 0.584. The van der Waals surface area contributed by atoms with Crippen LogP contribution in [0.3, 0.4) is 0 Å². The zero-order chi connectivity index (χ0) is 13.2. The van der Waals surface area contributed by atoms with E-state index < -0.39 is 0 Å². The second kappa shape index (κ2) is 5.43. The number of carbonyl (C=O) groups is 1. The molecule has 2 aliphatic rings. The van der Waals surface area contributed by atoms with E-state index in [4.69, 9.17) is 4.74 Å². The van der Waals surface area contributed by atoms with E-state index in [2.05, 4.69) is 6.58 Å². The molecule has 3 atom stereocenters. The molecule has 3 nitrogen and oxygen atoms in total. The monoisotopic (exact) mass is 252 g/mol. The summed E-state index contributed by atoms with van der Waals surface area (Å²) in [6.07, 6.45) is 6.92. The first-order valence-electron chi connectivity index (χ1n) is 7.01. The minimum Gasteiger partial charge on any atom is -0.462 e. The highest BCUT2D eigenvalue weighted by Crippen LogP contribution is 2.59. The predicted octanol–water partition coefficient (Wildman–Crippen LogP) is 2.68. The van der Waals surface area contributed by atoms with E-state index in [0.717, 1.165) is 24.7 Å². The summed E-state index contributed by atoms with van der Waals surface area (Å²) in [6, 6.07) is 0. The topological polar surface area (TPSA) is 46.5 Å². The van der Waals surface area contributed by atoms with Gasteiger partial charge in [0.1, 0.15) is 0 Å². The molecule has 0 saturated heterocycles. The molecule has 2 aliphatic carbocycles. The smallest absolute Gasteiger partial charge is 0.333 e. The van der Waals surface area contributed by atoms with Crippen molar-refractivity contribution in [1.82, 2.24) is 0 Å². The van der Waals surface area contributed by atoms with Crippen molar-refractivity contribution in [2.45, 2.75) is 45.4 Å². The molecule has 2 rings (SSSR count). The molecule has 0 amide bonds. The number of fused-ring (bicyclic) bond motifs is 2. The summed E-state index contributed by atoms with van der Waals surface area (Å²) >= 11 is 0. The van der Waals surface area contributed by atoms with Gasteiger partial charge in [-0.15, -0.1) is 0 Å². The Morgan fingerprint density at radius 3 is 2.72 bits per heavy atom. The molecule has 2 bridgehead atoms. The third-order valence-electron chi connectivity index (χ3n) is 4.89. The first-order chi connectivity index (χ1) is 8.57. The molecule has 0 radical (unpaired) electrons. The SMILES string of the molecule is C=C(C)C(=O)OCCC1(CCO)CC2CCC1C2. The number of aliphatic hydroxyl groups is 1. The molecule has 3 heteroatoms. The largest absolute Gasteiger partial charge is 0.462 e. The number of ether oxygens (including phenoxy) is 1. The summed E-state index contributed by atoms with van der Waals surface area (Å²) in [4.78, 5) is 11.4. The van der Waals surface area contributed by atoms with Gasteiger partial charge in [0.25, 0.3) is 0 Å². The van der Waals surface area contributed by atoms with Crippen molar-refractivity contribution in [3.63, 3.8) is 0 Å². The molecule has 2 saturated carbocycles. The van der Waals surface area contributed by atoms with Crippen molar-refractivity contribution < 1.29 is 14.6 Å². The third kappa shape index (κ3) is 2.61. The van der Waals surface area contributed by atoms with Gasteiger partial charge in [0.2, 0.25) is 0 Å². The molecule has 102 valence electrons. The van der Waals surface area contributed by atoms with E-state index in [1.807, 2.05) is 0 Å². The van der Waals surface area contributed by atoms with Gasteiger partial charge in [-0.3, -0.25) is 0 Å². The van der Waals surface area contributed by atoms with Gasteiger partial charge in [-0.05, 0) is 56.3 Å². The zero-order valence-corrected chi connectivity index (χ0v) is 11.3. The summed E-state index contributed by atoms with van der Waals surface area (Å²) in [5.41, 5.74) is 0.687. The maximum Gasteiger partial charge on any atom is 0.333 e. The van der Waals surface area contributed by atoms with Crippen LogP contribution in [-0.4, -0.2) is 24.3 Å². The Kier molecular flexibility index (Phi) is 4.10. The van der Waals surface area contributed by atoms with E-state index in [9.17, 15) is 9.90 Å². The summed E-state index contributed by atoms with van der Waals surface area (Å²) in [7, 11) is 0. The Bertz CT molecular complexity index is 337. The number of esters is 1. The lowest BCUT2D eigenvalue weighted by atomic mass is 9.69. The molecule has 3 unspecified atom stereocenters. The van der Waals surface area contributed by atoms with Crippen molar-refractivity contribution >= 4 is 5.97 Å². The molecular formula is C15H24O3. The Morgan fingerprint density at radius 1 is 1.44 bits per heavy atom. The van der Waals surface area contributed by atoms with E-state index >= 15 is 0 Å². The van der Waals surface area contributed by atoms with E-state index in [-0.39, 0.29) is 18.0 Å². The van der Waals surface area contributed by atoms with E-state index in [1.54, 1.807) is 6.92 Å². The van der Waals surface area contributed by atoms with Crippen LogP contribution in [0.5, 0.6) is 0 Å². The average molecular weight is 252 g/mol. The molecule has 0 aromatic rings. The Labute approximate surface area is 109 Å². The van der Waals surface area contributed by atoms with Crippen LogP contribution in [0, 0.1) is 17.3 Å². The van der Waals surface area contributed by atoms with Crippen molar-refractivity contribution in [3.8, 4) is 0 Å². The maximum atomic E-state index is 11.4. The van der Waals surface area contributed by atoms with Gasteiger partial charge in [0, 0.05) is 12.2 Å². The maximum absolute atomic E-state index is 11.4. The molecule has 0 aromatic heterocycles. The normalized spacial score (nSPS) is 33.7. The number of carbonyl (C=O) groups excluding carboxylic acids is 1. The molecular weight excluding hydrogens is 228 g/mol. The fraction of sp³-hybridized carbons (Fsp3) is 0.800. The highest BCUT2D eigenvalue weighted by Gasteiger charge is 2.49. The molecule has 0 heterocycles. The number of rotatable bonds is 6. The molecule has 1 N–H and O–H groups in total. The predicted molar refractivity (Wildman–Crippen MR) is 70.0 cm³/mol. The van der Waals surface area contributed by atoms with Crippen molar-refractivity contribution in [2.75, 3.05) is 13.2 Å². The Balaban J connectivity index is 1.88. The third-order valence-corrected chi connectivity index (χ3v) is 4.89. The first kappa shape index (κ1) is 13.6. The second-order valence-electron chi connectivity index (χ2n) is 6.08. The first-order valence-corrected chi connectivity index (χ1v) is 7.01. The van der Waals surface area contributed by atoms with Gasteiger partial charge in [0.15, 0.2) is 0 Å². The lowest BCUT2D eigenvalue weighted by molar-refractivity contribution is -0.140. The van der Waals surface area contributed by atoms with Gasteiger partial charge in [-0.2, -0.15) is 0 Å². The van der Waals surface area contributed by atoms with Gasteiger partial charge < -0.3 is 9.84 Å². The van der Waals surface area contributed by atoms with Gasteiger partial charge in [0.05, 0.1) is 6.61 Å². The highest BCUT2D eigenvalue weighted by atomic mass is 16.5. The average Bonchev–Trinajstić information content (AvgIpc) is 2.89. The molecule has 2 fully saturated rings. The van der Waals surface area contributed by atoms with Crippen LogP contribution in [0.1, 0.15) is 45.4 Å². The fourth-order valence-electron chi connectivity index (χ4n) is 3.99. The number of aliphatic hydroxyl groups excluding tert-OH is 1. The summed E-state index contributed by atoms with van der Waals surface area (Å²) in [5.74, 6) is 1.29. The van der Waals surface area contributed by atoms with Crippen LogP contribution in [0.2, 0.25) is 0 Å². The lowest BCUT2D eigenvalue weighted by Gasteiger charge is -2.37.